The van der Waals surface area contributed by atoms with Crippen LogP contribution >= 0.6 is 11.8 Å². The molecule has 1 amide bonds. The van der Waals surface area contributed by atoms with Gasteiger partial charge in [0, 0.05) is 17.5 Å². The first kappa shape index (κ1) is 21.8. The van der Waals surface area contributed by atoms with E-state index in [4.69, 9.17) is 9.47 Å². The van der Waals surface area contributed by atoms with Crippen molar-refractivity contribution in [3.05, 3.63) is 59.7 Å². The summed E-state index contributed by atoms with van der Waals surface area (Å²) in [6.45, 7) is 1.95. The Labute approximate surface area is 190 Å². The van der Waals surface area contributed by atoms with E-state index in [9.17, 15) is 9.59 Å². The molecule has 2 aromatic carbocycles. The lowest BCUT2D eigenvalue weighted by atomic mass is 10.1. The van der Waals surface area contributed by atoms with E-state index in [1.54, 1.807) is 29.2 Å². The molecule has 1 aliphatic rings. The van der Waals surface area contributed by atoms with E-state index in [0.717, 1.165) is 0 Å². The molecule has 0 saturated heterocycles. The number of carbonyl (C=O) groups excluding carboxylic acids is 2. The molecule has 0 unspecified atom stereocenters. The Morgan fingerprint density at radius 1 is 1.12 bits per heavy atom. The average Bonchev–Trinajstić information content (AvgIpc) is 2.98. The van der Waals surface area contributed by atoms with E-state index < -0.39 is 12.2 Å². The van der Waals surface area contributed by atoms with Gasteiger partial charge in [-0.3, -0.25) is 9.69 Å². The molecule has 0 radical (unpaired) electrons. The molecule has 0 bridgehead atoms. The van der Waals surface area contributed by atoms with Gasteiger partial charge in [-0.2, -0.15) is 4.98 Å². The summed E-state index contributed by atoms with van der Waals surface area (Å²) in [5.41, 5.74) is 2.95. The molecule has 0 aliphatic carbocycles. The van der Waals surface area contributed by atoms with Gasteiger partial charge in [0.15, 0.2) is 5.69 Å². The first-order chi connectivity index (χ1) is 15.6. The van der Waals surface area contributed by atoms with Crippen molar-refractivity contribution in [1.29, 1.82) is 0 Å². The van der Waals surface area contributed by atoms with Crippen LogP contribution in [0.5, 0.6) is 5.88 Å². The molecule has 0 spiro atoms. The number of fused-ring (bicyclic) bond motifs is 3. The summed E-state index contributed by atoms with van der Waals surface area (Å²) >= 11 is 1.35. The summed E-state index contributed by atoms with van der Waals surface area (Å²) in [4.78, 5) is 31.3. The minimum absolute atomic E-state index is 0.0900. The van der Waals surface area contributed by atoms with Crippen LogP contribution in [-0.2, 0) is 9.53 Å². The standard InChI is InChI=1S/C23H22N4O4S/c1-4-7-18(28)27-17-9-6-5-8-16(17)19-20(24-23(32-3)26-25-19)31-21(27)14-10-12-15(13-11-14)22(29)30-2/h5-6,8-13,21H,4,7H2,1-3H3/t21-/m0/s1. The van der Waals surface area contributed by atoms with Crippen LogP contribution in [0.15, 0.2) is 53.7 Å². The second kappa shape index (κ2) is 9.35. The van der Waals surface area contributed by atoms with Gasteiger partial charge in [0.1, 0.15) is 0 Å². The highest BCUT2D eigenvalue weighted by Gasteiger charge is 2.35. The van der Waals surface area contributed by atoms with Crippen molar-refractivity contribution < 1.29 is 19.1 Å². The summed E-state index contributed by atoms with van der Waals surface area (Å²) in [6, 6.07) is 14.3. The molecule has 32 heavy (non-hydrogen) atoms. The summed E-state index contributed by atoms with van der Waals surface area (Å²) in [6.07, 6.45) is 2.09. The number of carbonyl (C=O) groups is 2. The minimum Gasteiger partial charge on any atom is -0.465 e. The molecule has 0 saturated carbocycles. The number of amides is 1. The maximum atomic E-state index is 13.3. The van der Waals surface area contributed by atoms with Crippen molar-refractivity contribution in [1.82, 2.24) is 15.2 Å². The number of methoxy groups -OCH3 is 1. The molecule has 2 heterocycles. The number of para-hydroxylation sites is 1. The Hall–Kier alpha value is -3.46. The first-order valence-electron chi connectivity index (χ1n) is 10.1. The smallest absolute Gasteiger partial charge is 0.337 e. The largest absolute Gasteiger partial charge is 0.465 e. The second-order valence-electron chi connectivity index (χ2n) is 7.07. The molecule has 1 aromatic heterocycles. The van der Waals surface area contributed by atoms with Gasteiger partial charge in [0.2, 0.25) is 23.2 Å². The van der Waals surface area contributed by atoms with E-state index in [2.05, 4.69) is 15.2 Å². The number of aromatic nitrogens is 3. The first-order valence-corrected chi connectivity index (χ1v) is 11.3. The molecule has 0 fully saturated rings. The number of benzene rings is 2. The van der Waals surface area contributed by atoms with Gasteiger partial charge in [0.25, 0.3) is 0 Å². The maximum Gasteiger partial charge on any atom is 0.337 e. The van der Waals surface area contributed by atoms with E-state index in [0.29, 0.717) is 51.9 Å². The highest BCUT2D eigenvalue weighted by molar-refractivity contribution is 7.98. The van der Waals surface area contributed by atoms with Gasteiger partial charge in [-0.1, -0.05) is 49.0 Å². The number of hydrogen-bond acceptors (Lipinski definition) is 8. The van der Waals surface area contributed by atoms with Crippen LogP contribution in [0.4, 0.5) is 5.69 Å². The minimum atomic E-state index is -0.797. The quantitative estimate of drug-likeness (QED) is 0.420. The van der Waals surface area contributed by atoms with E-state index in [1.165, 1.54) is 18.9 Å². The molecule has 3 aromatic rings. The van der Waals surface area contributed by atoms with Crippen LogP contribution in [0.2, 0.25) is 0 Å². The number of nitrogens with zero attached hydrogens (tertiary/aromatic N) is 4. The van der Waals surface area contributed by atoms with Gasteiger partial charge >= 0.3 is 5.97 Å². The average molecular weight is 451 g/mol. The van der Waals surface area contributed by atoms with Crippen LogP contribution in [0.25, 0.3) is 11.3 Å². The summed E-state index contributed by atoms with van der Waals surface area (Å²) in [5.74, 6) is -0.229. The maximum absolute atomic E-state index is 13.3. The molecule has 9 heteroatoms. The summed E-state index contributed by atoms with van der Waals surface area (Å²) in [7, 11) is 1.33. The number of rotatable bonds is 5. The van der Waals surface area contributed by atoms with Crippen LogP contribution in [-0.4, -0.2) is 40.4 Å². The third kappa shape index (κ3) is 4.03. The fourth-order valence-electron chi connectivity index (χ4n) is 3.52. The van der Waals surface area contributed by atoms with E-state index in [-0.39, 0.29) is 5.91 Å². The Bertz CT molecular complexity index is 1150. The number of esters is 1. The van der Waals surface area contributed by atoms with Gasteiger partial charge in [-0.05, 0) is 30.9 Å². The second-order valence-corrected chi connectivity index (χ2v) is 7.84. The zero-order valence-electron chi connectivity index (χ0n) is 17.9. The molecular formula is C23H22N4O4S. The van der Waals surface area contributed by atoms with Gasteiger partial charge < -0.3 is 9.47 Å². The lowest BCUT2D eigenvalue weighted by Crippen LogP contribution is -2.37. The predicted molar refractivity (Wildman–Crippen MR) is 121 cm³/mol. The van der Waals surface area contributed by atoms with Crippen LogP contribution < -0.4 is 9.64 Å². The Balaban J connectivity index is 1.90. The topological polar surface area (TPSA) is 94.5 Å². The highest BCUT2D eigenvalue weighted by Crippen LogP contribution is 2.43. The monoisotopic (exact) mass is 450 g/mol. The molecule has 164 valence electrons. The van der Waals surface area contributed by atoms with Crippen molar-refractivity contribution in [2.24, 2.45) is 0 Å². The molecular weight excluding hydrogens is 428 g/mol. The SMILES string of the molecule is CCCC(=O)N1c2ccccc2-c2nnc(SC)nc2O[C@H]1c1ccc(C(=O)OC)cc1. The fraction of sp³-hybridized carbons (Fsp3) is 0.261. The van der Waals surface area contributed by atoms with Crippen LogP contribution in [0.1, 0.15) is 41.9 Å². The number of ether oxygens (including phenoxy) is 2. The van der Waals surface area contributed by atoms with Crippen LogP contribution in [0.3, 0.4) is 0 Å². The van der Waals surface area contributed by atoms with Gasteiger partial charge in [-0.15, -0.1) is 10.2 Å². The van der Waals surface area contributed by atoms with Crippen molar-refractivity contribution in [2.45, 2.75) is 31.1 Å². The molecule has 1 atom stereocenters. The zero-order chi connectivity index (χ0) is 22.7. The van der Waals surface area contributed by atoms with E-state index in [1.807, 2.05) is 37.4 Å². The number of thioether (sulfide) groups is 1. The lowest BCUT2D eigenvalue weighted by molar-refractivity contribution is -0.120. The Morgan fingerprint density at radius 3 is 2.56 bits per heavy atom. The number of anilines is 1. The predicted octanol–water partition coefficient (Wildman–Crippen LogP) is 4.27. The normalized spacial score (nSPS) is 14.6. The molecule has 4 rings (SSSR count). The summed E-state index contributed by atoms with van der Waals surface area (Å²) in [5, 5.41) is 8.98. The third-order valence-corrected chi connectivity index (χ3v) is 5.58. The molecule has 1 aliphatic heterocycles. The summed E-state index contributed by atoms with van der Waals surface area (Å²) < 4.78 is 11.1. The highest BCUT2D eigenvalue weighted by atomic mass is 32.2. The number of hydrogen-bond donors (Lipinski definition) is 0. The van der Waals surface area contributed by atoms with E-state index >= 15 is 0 Å². The van der Waals surface area contributed by atoms with Crippen LogP contribution in [0, 0.1) is 0 Å². The Kier molecular flexibility index (Phi) is 6.36. The molecule has 8 nitrogen and oxygen atoms in total. The van der Waals surface area contributed by atoms with Crippen molar-refractivity contribution >= 4 is 29.3 Å². The third-order valence-electron chi connectivity index (χ3n) is 5.04. The zero-order valence-corrected chi connectivity index (χ0v) is 18.8. The fourth-order valence-corrected chi connectivity index (χ4v) is 3.82. The van der Waals surface area contributed by atoms with Gasteiger partial charge in [0.05, 0.1) is 18.4 Å². The van der Waals surface area contributed by atoms with Crippen molar-refractivity contribution in [2.75, 3.05) is 18.3 Å². The van der Waals surface area contributed by atoms with Crippen molar-refractivity contribution in [3.63, 3.8) is 0 Å². The molecule has 0 N–H and O–H groups in total. The lowest BCUT2D eigenvalue weighted by Gasteiger charge is -2.31. The van der Waals surface area contributed by atoms with Gasteiger partial charge in [-0.25, -0.2) is 4.79 Å². The Morgan fingerprint density at radius 2 is 1.88 bits per heavy atom. The van der Waals surface area contributed by atoms with Crippen molar-refractivity contribution in [3.8, 4) is 17.1 Å².